The molecule has 4 amide bonds. The number of hydrogen-bond acceptors (Lipinski definition) is 6. The second-order valence-corrected chi connectivity index (χ2v) is 8.96. The van der Waals surface area contributed by atoms with E-state index in [1.807, 2.05) is 11.8 Å². The largest absolute Gasteiger partial charge is 0.482 e. The first-order valence-corrected chi connectivity index (χ1v) is 11.7. The van der Waals surface area contributed by atoms with E-state index in [9.17, 15) is 19.2 Å². The number of rotatable bonds is 12. The molecule has 0 saturated carbocycles. The molecule has 1 aromatic rings. The van der Waals surface area contributed by atoms with Gasteiger partial charge in [-0.25, -0.2) is 9.59 Å². The zero-order valence-corrected chi connectivity index (χ0v) is 18.4. The van der Waals surface area contributed by atoms with Gasteiger partial charge >= 0.3 is 12.0 Å². The van der Waals surface area contributed by atoms with Gasteiger partial charge in [0.2, 0.25) is 5.91 Å². The van der Waals surface area contributed by atoms with Gasteiger partial charge < -0.3 is 31.1 Å². The fourth-order valence-corrected chi connectivity index (χ4v) is 5.26. The zero-order chi connectivity index (χ0) is 22.9. The van der Waals surface area contributed by atoms with E-state index in [-0.39, 0.29) is 36.5 Å². The molecule has 2 heterocycles. The number of unbranched alkanes of at least 4 members (excludes halogenated alkanes) is 1. The summed E-state index contributed by atoms with van der Waals surface area (Å²) in [4.78, 5) is 46.1. The predicted molar refractivity (Wildman–Crippen MR) is 119 cm³/mol. The summed E-state index contributed by atoms with van der Waals surface area (Å²) in [5.41, 5.74) is 0.347. The number of ether oxygens (including phenoxy) is 1. The molecule has 2 fully saturated rings. The highest BCUT2D eigenvalue weighted by molar-refractivity contribution is 8.00. The van der Waals surface area contributed by atoms with Crippen molar-refractivity contribution in [2.45, 2.75) is 43.0 Å². The summed E-state index contributed by atoms with van der Waals surface area (Å²) in [7, 11) is 0. The van der Waals surface area contributed by atoms with E-state index in [1.54, 1.807) is 18.2 Å². The van der Waals surface area contributed by atoms with Crippen LogP contribution in [0.3, 0.4) is 0 Å². The van der Waals surface area contributed by atoms with Crippen LogP contribution in [0.1, 0.15) is 36.0 Å². The lowest BCUT2D eigenvalue weighted by atomic mass is 10.0. The van der Waals surface area contributed by atoms with E-state index >= 15 is 0 Å². The lowest BCUT2D eigenvalue weighted by Crippen LogP contribution is -2.36. The quantitative estimate of drug-likeness (QED) is 0.226. The first kappa shape index (κ1) is 23.7. The Morgan fingerprint density at radius 2 is 1.97 bits per heavy atom. The van der Waals surface area contributed by atoms with Crippen molar-refractivity contribution < 1.29 is 29.0 Å². The highest BCUT2D eigenvalue weighted by Crippen LogP contribution is 2.33. The van der Waals surface area contributed by atoms with Crippen LogP contribution >= 0.6 is 11.8 Å². The summed E-state index contributed by atoms with van der Waals surface area (Å²) in [6.45, 7) is 0.116. The minimum Gasteiger partial charge on any atom is -0.482 e. The Hall–Kier alpha value is -2.95. The van der Waals surface area contributed by atoms with Crippen molar-refractivity contribution in [2.24, 2.45) is 0 Å². The predicted octanol–water partition coefficient (Wildman–Crippen LogP) is 0.722. The number of thioether (sulfide) groups is 1. The van der Waals surface area contributed by atoms with Gasteiger partial charge in [-0.05, 0) is 31.0 Å². The number of carboxylic acids is 1. The van der Waals surface area contributed by atoms with Crippen LogP contribution in [-0.4, -0.2) is 71.7 Å². The molecule has 2 aliphatic rings. The van der Waals surface area contributed by atoms with Gasteiger partial charge in [0, 0.05) is 36.1 Å². The average molecular weight is 465 g/mol. The minimum absolute atomic E-state index is 0.0592. The van der Waals surface area contributed by atoms with Crippen molar-refractivity contribution in [2.75, 3.05) is 25.4 Å². The molecule has 0 unspecified atom stereocenters. The van der Waals surface area contributed by atoms with E-state index in [0.29, 0.717) is 29.5 Å². The van der Waals surface area contributed by atoms with Gasteiger partial charge in [0.1, 0.15) is 5.75 Å². The molecule has 174 valence electrons. The lowest BCUT2D eigenvalue weighted by molar-refractivity contribution is -0.139. The Morgan fingerprint density at radius 1 is 1.16 bits per heavy atom. The highest BCUT2D eigenvalue weighted by Gasteiger charge is 2.42. The maximum absolute atomic E-state index is 12.2. The van der Waals surface area contributed by atoms with Crippen molar-refractivity contribution in [1.29, 1.82) is 0 Å². The Labute approximate surface area is 190 Å². The Bertz CT molecular complexity index is 851. The minimum atomic E-state index is -1.10. The van der Waals surface area contributed by atoms with Crippen molar-refractivity contribution in [3.8, 4) is 5.75 Å². The van der Waals surface area contributed by atoms with Gasteiger partial charge in [0.05, 0.1) is 12.1 Å². The Kier molecular flexibility index (Phi) is 8.60. The molecule has 1 aromatic carbocycles. The third-order valence-electron chi connectivity index (χ3n) is 5.27. The molecule has 0 aliphatic carbocycles. The molecular weight excluding hydrogens is 436 g/mol. The van der Waals surface area contributed by atoms with Gasteiger partial charge in [0.15, 0.2) is 6.61 Å². The maximum atomic E-state index is 12.2. The summed E-state index contributed by atoms with van der Waals surface area (Å²) < 4.78 is 5.06. The second kappa shape index (κ2) is 11.6. The number of nitrogens with one attached hydrogen (secondary N) is 4. The molecular formula is C21H28N4O6S. The lowest BCUT2D eigenvalue weighted by Gasteiger charge is -2.16. The van der Waals surface area contributed by atoms with Gasteiger partial charge in [-0.15, -0.1) is 0 Å². The van der Waals surface area contributed by atoms with Gasteiger partial charge in [-0.3, -0.25) is 9.59 Å². The van der Waals surface area contributed by atoms with Crippen molar-refractivity contribution >= 4 is 35.6 Å². The third-order valence-corrected chi connectivity index (χ3v) is 6.78. The van der Waals surface area contributed by atoms with Crippen LogP contribution in [0.5, 0.6) is 5.75 Å². The molecule has 5 N–H and O–H groups in total. The number of aliphatic carboxylic acids is 1. The number of urea groups is 1. The number of carbonyl (C=O) groups excluding carboxylic acids is 3. The summed E-state index contributed by atoms with van der Waals surface area (Å²) in [6.07, 6.45) is 3.08. The van der Waals surface area contributed by atoms with Gasteiger partial charge in [0.25, 0.3) is 5.91 Å². The van der Waals surface area contributed by atoms with Crippen LogP contribution in [0.15, 0.2) is 24.3 Å². The van der Waals surface area contributed by atoms with E-state index in [0.717, 1.165) is 25.0 Å². The number of amides is 4. The van der Waals surface area contributed by atoms with Gasteiger partial charge in [-0.1, -0.05) is 12.5 Å². The fourth-order valence-electron chi connectivity index (χ4n) is 3.71. The van der Waals surface area contributed by atoms with Crippen molar-refractivity contribution in [1.82, 2.24) is 21.3 Å². The van der Waals surface area contributed by atoms with Crippen LogP contribution in [0, 0.1) is 0 Å². The first-order valence-electron chi connectivity index (χ1n) is 10.6. The molecule has 0 spiro atoms. The molecule has 2 saturated heterocycles. The summed E-state index contributed by atoms with van der Waals surface area (Å²) in [5, 5.41) is 20.4. The van der Waals surface area contributed by atoms with E-state index in [4.69, 9.17) is 9.84 Å². The molecule has 3 atom stereocenters. The summed E-state index contributed by atoms with van der Waals surface area (Å²) in [5.74, 6) is -0.260. The third kappa shape index (κ3) is 7.04. The number of carboxylic acid groups (broad SMARTS) is 1. The molecule has 0 aromatic heterocycles. The van der Waals surface area contributed by atoms with Gasteiger partial charge in [-0.2, -0.15) is 11.8 Å². The molecule has 2 aliphatic heterocycles. The molecule has 3 rings (SSSR count). The topological polar surface area (TPSA) is 146 Å². The average Bonchev–Trinajstić information content (AvgIpc) is 3.32. The molecule has 32 heavy (non-hydrogen) atoms. The van der Waals surface area contributed by atoms with Crippen LogP contribution in [0.25, 0.3) is 0 Å². The fraction of sp³-hybridized carbons (Fsp3) is 0.524. The normalized spacial score (nSPS) is 21.2. The smallest absolute Gasteiger partial charge is 0.341 e. The number of fused-ring (bicyclic) bond motifs is 1. The number of hydrogen-bond donors (Lipinski definition) is 5. The first-order chi connectivity index (χ1) is 15.4. The molecule has 11 heteroatoms. The zero-order valence-electron chi connectivity index (χ0n) is 17.6. The summed E-state index contributed by atoms with van der Waals surface area (Å²) in [6, 6.07) is 6.56. The van der Waals surface area contributed by atoms with Crippen LogP contribution in [0.4, 0.5) is 4.79 Å². The molecule has 0 radical (unpaired) electrons. The summed E-state index contributed by atoms with van der Waals surface area (Å²) >= 11 is 1.87. The van der Waals surface area contributed by atoms with Crippen LogP contribution in [0.2, 0.25) is 0 Å². The SMILES string of the molecule is O=C(O)COc1cccc(C(=O)NCCNC(=O)CCCC[C@@H]2SC[C@@H]3NC(=O)N[C@@H]32)c1. The van der Waals surface area contributed by atoms with Crippen LogP contribution in [-0.2, 0) is 9.59 Å². The molecule has 10 nitrogen and oxygen atoms in total. The Morgan fingerprint density at radius 3 is 2.78 bits per heavy atom. The van der Waals surface area contributed by atoms with Crippen molar-refractivity contribution in [3.05, 3.63) is 29.8 Å². The number of benzene rings is 1. The van der Waals surface area contributed by atoms with E-state index in [2.05, 4.69) is 21.3 Å². The maximum Gasteiger partial charge on any atom is 0.341 e. The monoisotopic (exact) mass is 464 g/mol. The van der Waals surface area contributed by atoms with Crippen LogP contribution < -0.4 is 26.0 Å². The Balaban J connectivity index is 1.25. The van der Waals surface area contributed by atoms with Crippen molar-refractivity contribution in [3.63, 3.8) is 0 Å². The highest BCUT2D eigenvalue weighted by atomic mass is 32.2. The standard InChI is InChI=1S/C21H28N4O6S/c26-17(7-2-1-6-16-19-15(12-32-16)24-21(30)25-19)22-8-9-23-20(29)13-4-3-5-14(10-13)31-11-18(27)28/h3-5,10,15-16,19H,1-2,6-9,11-12H2,(H,22,26)(H,23,29)(H,27,28)(H2,24,25,30)/t15-,16-,19-/m0/s1. The van der Waals surface area contributed by atoms with E-state index < -0.39 is 12.6 Å². The number of carbonyl (C=O) groups is 4. The second-order valence-electron chi connectivity index (χ2n) is 7.68. The molecule has 0 bridgehead atoms. The van der Waals surface area contributed by atoms with E-state index in [1.165, 1.54) is 6.07 Å².